The molecular weight excluding hydrogens is 284 g/mol. The minimum Gasteiger partial charge on any atom is -0.381 e. The molecule has 0 bridgehead atoms. The van der Waals surface area contributed by atoms with Crippen LogP contribution < -0.4 is 10.6 Å². The number of amides is 1. The van der Waals surface area contributed by atoms with Crippen molar-refractivity contribution in [3.63, 3.8) is 0 Å². The summed E-state index contributed by atoms with van der Waals surface area (Å²) in [5, 5.41) is 6.44. The van der Waals surface area contributed by atoms with Crippen LogP contribution in [-0.2, 0) is 11.3 Å². The summed E-state index contributed by atoms with van der Waals surface area (Å²) in [7, 11) is 0. The largest absolute Gasteiger partial charge is 0.381 e. The molecule has 0 atom stereocenters. The maximum absolute atomic E-state index is 12.2. The first-order valence-corrected chi connectivity index (χ1v) is 8.50. The molecule has 3 nitrogen and oxygen atoms in total. The molecule has 2 aromatic carbocycles. The van der Waals surface area contributed by atoms with E-state index < -0.39 is 0 Å². The highest BCUT2D eigenvalue weighted by atomic mass is 16.1. The van der Waals surface area contributed by atoms with Gasteiger partial charge >= 0.3 is 0 Å². The molecule has 0 radical (unpaired) electrons. The number of hydrogen-bond acceptors (Lipinski definition) is 2. The topological polar surface area (TPSA) is 41.1 Å². The monoisotopic (exact) mass is 308 g/mol. The zero-order chi connectivity index (χ0) is 15.9. The van der Waals surface area contributed by atoms with E-state index >= 15 is 0 Å². The van der Waals surface area contributed by atoms with Gasteiger partial charge in [-0.1, -0.05) is 49.6 Å². The van der Waals surface area contributed by atoms with E-state index in [9.17, 15) is 4.79 Å². The number of carbonyl (C=O) groups is 1. The van der Waals surface area contributed by atoms with Crippen LogP contribution >= 0.6 is 0 Å². The van der Waals surface area contributed by atoms with Gasteiger partial charge in [0.15, 0.2) is 0 Å². The summed E-state index contributed by atoms with van der Waals surface area (Å²) in [6, 6.07) is 18.3. The first kappa shape index (κ1) is 15.6. The van der Waals surface area contributed by atoms with Crippen molar-refractivity contribution in [2.45, 2.75) is 38.6 Å². The highest BCUT2D eigenvalue weighted by Gasteiger charge is 2.20. The molecule has 1 aliphatic carbocycles. The second kappa shape index (κ2) is 7.82. The van der Waals surface area contributed by atoms with Gasteiger partial charge in [-0.05, 0) is 42.7 Å². The lowest BCUT2D eigenvalue weighted by Gasteiger charge is -2.20. The van der Waals surface area contributed by atoms with E-state index in [1.54, 1.807) is 0 Å². The third kappa shape index (κ3) is 4.59. The highest BCUT2D eigenvalue weighted by Crippen LogP contribution is 2.25. The molecular formula is C20H24N2O. The lowest BCUT2D eigenvalue weighted by atomic mass is 9.88. The molecule has 120 valence electrons. The molecule has 0 aliphatic heterocycles. The number of nitrogens with one attached hydrogen (secondary N) is 2. The van der Waals surface area contributed by atoms with E-state index in [1.807, 2.05) is 42.5 Å². The Hall–Kier alpha value is -2.29. The average Bonchev–Trinajstić information content (AvgIpc) is 2.63. The van der Waals surface area contributed by atoms with Crippen molar-refractivity contribution in [1.29, 1.82) is 0 Å². The minimum absolute atomic E-state index is 0.176. The van der Waals surface area contributed by atoms with E-state index in [1.165, 1.54) is 24.8 Å². The van der Waals surface area contributed by atoms with Crippen LogP contribution in [0.3, 0.4) is 0 Å². The third-order valence-corrected chi connectivity index (χ3v) is 4.47. The zero-order valence-electron chi connectivity index (χ0n) is 13.4. The van der Waals surface area contributed by atoms with E-state index in [0.717, 1.165) is 30.8 Å². The SMILES string of the molecule is O=C(Nc1ccc(NCc2ccccc2)cc1)C1CCCCC1. The Morgan fingerprint density at radius 2 is 1.52 bits per heavy atom. The molecule has 23 heavy (non-hydrogen) atoms. The Morgan fingerprint density at radius 3 is 2.22 bits per heavy atom. The first-order chi connectivity index (χ1) is 11.3. The van der Waals surface area contributed by atoms with Crippen molar-refractivity contribution in [3.8, 4) is 0 Å². The second-order valence-electron chi connectivity index (χ2n) is 6.24. The van der Waals surface area contributed by atoms with E-state index in [-0.39, 0.29) is 11.8 Å². The number of carbonyl (C=O) groups excluding carboxylic acids is 1. The molecule has 1 fully saturated rings. The molecule has 2 N–H and O–H groups in total. The maximum Gasteiger partial charge on any atom is 0.227 e. The molecule has 0 unspecified atom stereocenters. The Morgan fingerprint density at radius 1 is 0.870 bits per heavy atom. The van der Waals surface area contributed by atoms with Crippen LogP contribution in [0.2, 0.25) is 0 Å². The summed E-state index contributed by atoms with van der Waals surface area (Å²) < 4.78 is 0. The predicted octanol–water partition coefficient (Wildman–Crippen LogP) is 4.82. The van der Waals surface area contributed by atoms with Gasteiger partial charge < -0.3 is 10.6 Å². The smallest absolute Gasteiger partial charge is 0.227 e. The standard InChI is InChI=1S/C20H24N2O/c23-20(17-9-5-2-6-10-17)22-19-13-11-18(12-14-19)21-15-16-7-3-1-4-8-16/h1,3-4,7-8,11-14,17,21H,2,5-6,9-10,15H2,(H,22,23). The van der Waals surface area contributed by atoms with Crippen LogP contribution in [0.5, 0.6) is 0 Å². The normalized spacial score (nSPS) is 15.1. The van der Waals surface area contributed by atoms with Gasteiger partial charge in [0.1, 0.15) is 0 Å². The Bertz CT molecular complexity index is 616. The Balaban J connectivity index is 1.51. The van der Waals surface area contributed by atoms with Gasteiger partial charge in [-0.25, -0.2) is 0 Å². The molecule has 1 amide bonds. The molecule has 0 heterocycles. The van der Waals surface area contributed by atoms with Crippen LogP contribution in [0, 0.1) is 5.92 Å². The number of benzene rings is 2. The fourth-order valence-electron chi connectivity index (χ4n) is 3.08. The van der Waals surface area contributed by atoms with Crippen LogP contribution in [-0.4, -0.2) is 5.91 Å². The molecule has 3 rings (SSSR count). The van der Waals surface area contributed by atoms with Crippen molar-refractivity contribution in [2.75, 3.05) is 10.6 Å². The van der Waals surface area contributed by atoms with Gasteiger partial charge in [-0.15, -0.1) is 0 Å². The summed E-state index contributed by atoms with van der Waals surface area (Å²) in [5.74, 6) is 0.370. The van der Waals surface area contributed by atoms with Crippen LogP contribution in [0.4, 0.5) is 11.4 Å². The summed E-state index contributed by atoms with van der Waals surface area (Å²) in [4.78, 5) is 12.2. The molecule has 0 aromatic heterocycles. The molecule has 1 saturated carbocycles. The number of anilines is 2. The van der Waals surface area contributed by atoms with E-state index in [2.05, 4.69) is 22.8 Å². The molecule has 1 aliphatic rings. The highest BCUT2D eigenvalue weighted by molar-refractivity contribution is 5.92. The van der Waals surface area contributed by atoms with Crippen molar-refractivity contribution in [2.24, 2.45) is 5.92 Å². The average molecular weight is 308 g/mol. The van der Waals surface area contributed by atoms with Gasteiger partial charge in [0, 0.05) is 23.8 Å². The minimum atomic E-state index is 0.176. The summed E-state index contributed by atoms with van der Waals surface area (Å²) in [6.07, 6.45) is 5.69. The van der Waals surface area contributed by atoms with Crippen LogP contribution in [0.15, 0.2) is 54.6 Å². The molecule has 0 saturated heterocycles. The molecule has 0 spiro atoms. The quantitative estimate of drug-likeness (QED) is 0.831. The molecule has 3 heteroatoms. The summed E-state index contributed by atoms with van der Waals surface area (Å²) in [6.45, 7) is 0.800. The van der Waals surface area contributed by atoms with Gasteiger partial charge in [0.2, 0.25) is 5.91 Å². The van der Waals surface area contributed by atoms with Gasteiger partial charge in [-0.2, -0.15) is 0 Å². The fraction of sp³-hybridized carbons (Fsp3) is 0.350. The number of hydrogen-bond donors (Lipinski definition) is 2. The van der Waals surface area contributed by atoms with Gasteiger partial charge in [0.05, 0.1) is 0 Å². The zero-order valence-corrected chi connectivity index (χ0v) is 13.4. The van der Waals surface area contributed by atoms with Crippen molar-refractivity contribution in [1.82, 2.24) is 0 Å². The van der Waals surface area contributed by atoms with Crippen molar-refractivity contribution < 1.29 is 4.79 Å². The summed E-state index contributed by atoms with van der Waals surface area (Å²) in [5.41, 5.74) is 3.19. The van der Waals surface area contributed by atoms with Crippen LogP contribution in [0.1, 0.15) is 37.7 Å². The number of rotatable bonds is 5. The Kier molecular flexibility index (Phi) is 5.30. The van der Waals surface area contributed by atoms with E-state index in [0.29, 0.717) is 0 Å². The maximum atomic E-state index is 12.2. The fourth-order valence-corrected chi connectivity index (χ4v) is 3.08. The van der Waals surface area contributed by atoms with Crippen LogP contribution in [0.25, 0.3) is 0 Å². The molecule has 2 aromatic rings. The van der Waals surface area contributed by atoms with Gasteiger partial charge in [-0.3, -0.25) is 4.79 Å². The first-order valence-electron chi connectivity index (χ1n) is 8.50. The predicted molar refractivity (Wildman–Crippen MR) is 95.4 cm³/mol. The lowest BCUT2D eigenvalue weighted by molar-refractivity contribution is -0.120. The third-order valence-electron chi connectivity index (χ3n) is 4.47. The van der Waals surface area contributed by atoms with E-state index in [4.69, 9.17) is 0 Å². The van der Waals surface area contributed by atoms with Gasteiger partial charge in [0.25, 0.3) is 0 Å². The van der Waals surface area contributed by atoms with Crippen molar-refractivity contribution >= 4 is 17.3 Å². The summed E-state index contributed by atoms with van der Waals surface area (Å²) >= 11 is 0. The Labute approximate surface area is 138 Å². The second-order valence-corrected chi connectivity index (χ2v) is 6.24. The lowest BCUT2D eigenvalue weighted by Crippen LogP contribution is -2.24. The van der Waals surface area contributed by atoms with Crippen molar-refractivity contribution in [3.05, 3.63) is 60.2 Å².